The Morgan fingerprint density at radius 1 is 0.894 bits per heavy atom. The van der Waals surface area contributed by atoms with E-state index in [0.29, 0.717) is 10.6 Å². The highest BCUT2D eigenvalue weighted by atomic mass is 32.2. The highest BCUT2D eigenvalue weighted by molar-refractivity contribution is 7.92. The van der Waals surface area contributed by atoms with Crippen molar-refractivity contribution in [1.29, 1.82) is 0 Å². The van der Waals surface area contributed by atoms with E-state index in [4.69, 9.17) is 14.2 Å². The summed E-state index contributed by atoms with van der Waals surface area (Å²) in [6.07, 6.45) is -0.894. The molecule has 1 unspecified atom stereocenters. The number of fused-ring (bicyclic) bond motifs is 3. The molecule has 6 rings (SSSR count). The lowest BCUT2D eigenvalue weighted by Gasteiger charge is -2.31. The number of rotatable bonds is 7. The first-order chi connectivity index (χ1) is 22.4. The van der Waals surface area contributed by atoms with E-state index in [2.05, 4.69) is 24.3 Å². The van der Waals surface area contributed by atoms with Crippen molar-refractivity contribution in [1.82, 2.24) is 4.90 Å². The highest BCUT2D eigenvalue weighted by Crippen LogP contribution is 2.47. The summed E-state index contributed by atoms with van der Waals surface area (Å²) < 4.78 is 43.8. The van der Waals surface area contributed by atoms with Crippen LogP contribution in [0.2, 0.25) is 0 Å². The number of nitrogens with zero attached hydrogens (tertiary/aromatic N) is 1. The molecule has 1 atom stereocenters. The van der Waals surface area contributed by atoms with Gasteiger partial charge in [0.1, 0.15) is 22.7 Å². The minimum Gasteiger partial charge on any atom is -0.497 e. The second-order valence-corrected chi connectivity index (χ2v) is 16.5. The van der Waals surface area contributed by atoms with Crippen molar-refractivity contribution >= 4 is 33.2 Å². The number of methoxy groups -OCH3 is 1. The molecule has 1 aromatic heterocycles. The Bertz CT molecular complexity index is 1850. The number of ether oxygens (including phenoxy) is 3. The van der Waals surface area contributed by atoms with E-state index in [1.54, 1.807) is 33.9 Å². The van der Waals surface area contributed by atoms with Gasteiger partial charge >= 0.3 is 12.1 Å². The van der Waals surface area contributed by atoms with Crippen LogP contribution in [0.3, 0.4) is 0 Å². The van der Waals surface area contributed by atoms with Crippen LogP contribution in [0, 0.1) is 0 Å². The first kappa shape index (κ1) is 32.8. The molecule has 246 valence electrons. The summed E-state index contributed by atoms with van der Waals surface area (Å²) in [4.78, 5) is 29.7. The van der Waals surface area contributed by atoms with Crippen LogP contribution in [0.15, 0.2) is 84.9 Å². The van der Waals surface area contributed by atoms with E-state index in [1.807, 2.05) is 54.6 Å². The van der Waals surface area contributed by atoms with E-state index in [-0.39, 0.29) is 44.2 Å². The van der Waals surface area contributed by atoms with Gasteiger partial charge in [0.25, 0.3) is 0 Å². The number of hydrogen-bond donors (Lipinski definition) is 0. The first-order valence-electron chi connectivity index (χ1n) is 15.7. The van der Waals surface area contributed by atoms with Gasteiger partial charge in [0.05, 0.1) is 19.3 Å². The third-order valence-corrected chi connectivity index (χ3v) is 12.8. The number of thiophene rings is 1. The minimum absolute atomic E-state index is 0.0291. The Balaban J connectivity index is 1.26. The van der Waals surface area contributed by atoms with Gasteiger partial charge in [-0.2, -0.15) is 0 Å². The van der Waals surface area contributed by atoms with Crippen LogP contribution < -0.4 is 4.74 Å². The van der Waals surface area contributed by atoms with Crippen LogP contribution in [0.1, 0.15) is 55.5 Å². The standard InChI is InChI=1S/C37H39NO7S2/c1-36(2,3)45-34(39)23-37(33-18-17-32(46-33)25-13-15-26(43-4)16-14-25)19-20-38(21-22-47(37,41)42)35(40)44-24-31-29-11-7-5-9-27(29)28-10-6-8-12-30(28)31/h5-18,31H,19-24H2,1-4H3. The fourth-order valence-corrected chi connectivity index (χ4v) is 10.1. The third-order valence-electron chi connectivity index (χ3n) is 8.88. The molecule has 1 aliphatic carbocycles. The lowest BCUT2D eigenvalue weighted by Crippen LogP contribution is -2.40. The summed E-state index contributed by atoms with van der Waals surface area (Å²) in [6, 6.07) is 27.4. The average molecular weight is 674 g/mol. The zero-order chi connectivity index (χ0) is 33.4. The molecule has 3 aromatic carbocycles. The van der Waals surface area contributed by atoms with Crippen LogP contribution >= 0.6 is 11.3 Å². The van der Waals surface area contributed by atoms with Gasteiger partial charge in [-0.3, -0.25) is 4.79 Å². The Hall–Kier alpha value is -4.15. The molecule has 10 heteroatoms. The normalized spacial score (nSPS) is 18.9. The molecule has 4 aromatic rings. The van der Waals surface area contributed by atoms with Crippen LogP contribution in [0.25, 0.3) is 21.6 Å². The average Bonchev–Trinajstić information content (AvgIpc) is 3.63. The Morgan fingerprint density at radius 2 is 1.53 bits per heavy atom. The zero-order valence-corrected chi connectivity index (χ0v) is 28.7. The summed E-state index contributed by atoms with van der Waals surface area (Å²) in [7, 11) is -2.34. The molecule has 8 nitrogen and oxygen atoms in total. The lowest BCUT2D eigenvalue weighted by molar-refractivity contribution is -0.155. The van der Waals surface area contributed by atoms with Gasteiger partial charge in [-0.15, -0.1) is 11.3 Å². The number of hydrogen-bond acceptors (Lipinski definition) is 8. The predicted molar refractivity (Wildman–Crippen MR) is 183 cm³/mol. The van der Waals surface area contributed by atoms with Crippen LogP contribution in [0.5, 0.6) is 5.75 Å². The van der Waals surface area contributed by atoms with Crippen molar-refractivity contribution in [2.45, 2.75) is 49.9 Å². The van der Waals surface area contributed by atoms with Gasteiger partial charge in [-0.25, -0.2) is 13.2 Å². The molecule has 2 aliphatic rings. The first-order valence-corrected chi connectivity index (χ1v) is 18.2. The summed E-state index contributed by atoms with van der Waals surface area (Å²) in [5, 5.41) is 0. The Kier molecular flexibility index (Phi) is 8.93. The second kappa shape index (κ2) is 12.8. The maximum absolute atomic E-state index is 14.3. The van der Waals surface area contributed by atoms with Crippen LogP contribution in [-0.4, -0.2) is 63.5 Å². The minimum atomic E-state index is -3.94. The summed E-state index contributed by atoms with van der Waals surface area (Å²) in [6.45, 7) is 5.47. The molecule has 1 saturated heterocycles. The second-order valence-electron chi connectivity index (χ2n) is 13.0. The van der Waals surface area contributed by atoms with E-state index in [9.17, 15) is 18.0 Å². The van der Waals surface area contributed by atoms with Gasteiger partial charge < -0.3 is 19.1 Å². The molecule has 47 heavy (non-hydrogen) atoms. The van der Waals surface area contributed by atoms with Crippen molar-refractivity contribution in [3.63, 3.8) is 0 Å². The topological polar surface area (TPSA) is 99.2 Å². The monoisotopic (exact) mass is 673 g/mol. The molecule has 0 bridgehead atoms. The smallest absolute Gasteiger partial charge is 0.409 e. The van der Waals surface area contributed by atoms with E-state index < -0.39 is 32.2 Å². The van der Waals surface area contributed by atoms with E-state index in [0.717, 1.165) is 32.7 Å². The largest absolute Gasteiger partial charge is 0.497 e. The quantitative estimate of drug-likeness (QED) is 0.188. The van der Waals surface area contributed by atoms with Crippen molar-refractivity contribution in [3.8, 4) is 27.3 Å². The number of esters is 1. The highest BCUT2D eigenvalue weighted by Gasteiger charge is 2.51. The summed E-state index contributed by atoms with van der Waals surface area (Å²) >= 11 is 1.34. The number of carbonyl (C=O) groups is 2. The number of sulfone groups is 1. The van der Waals surface area contributed by atoms with Crippen molar-refractivity contribution in [2.24, 2.45) is 0 Å². The number of amides is 1. The molecule has 0 radical (unpaired) electrons. The van der Waals surface area contributed by atoms with Crippen molar-refractivity contribution in [2.75, 3.05) is 32.6 Å². The molecule has 1 amide bonds. The molecular formula is C37H39NO7S2. The molecule has 0 saturated carbocycles. The molecule has 0 N–H and O–H groups in total. The Morgan fingerprint density at radius 3 is 2.15 bits per heavy atom. The maximum Gasteiger partial charge on any atom is 0.409 e. The van der Waals surface area contributed by atoms with Gasteiger partial charge in [0.2, 0.25) is 0 Å². The summed E-state index contributed by atoms with van der Waals surface area (Å²) in [5.74, 6) is -0.312. The van der Waals surface area contributed by atoms with Crippen molar-refractivity contribution in [3.05, 3.63) is 101 Å². The van der Waals surface area contributed by atoms with Crippen LogP contribution in [-0.2, 0) is 28.9 Å². The molecule has 2 heterocycles. The van der Waals surface area contributed by atoms with E-state index >= 15 is 0 Å². The third kappa shape index (κ3) is 6.53. The molecule has 1 aliphatic heterocycles. The SMILES string of the molecule is COc1ccc(-c2ccc(C3(CC(=O)OC(C)(C)C)CCN(C(=O)OCC4c5ccccc5-c5ccccc54)CCS3(=O)=O)s2)cc1. The van der Waals surface area contributed by atoms with Gasteiger partial charge in [0.15, 0.2) is 9.84 Å². The predicted octanol–water partition coefficient (Wildman–Crippen LogP) is 7.42. The van der Waals surface area contributed by atoms with Crippen molar-refractivity contribution < 1.29 is 32.2 Å². The van der Waals surface area contributed by atoms with Crippen LogP contribution in [0.4, 0.5) is 4.79 Å². The van der Waals surface area contributed by atoms with Gasteiger partial charge in [0, 0.05) is 28.8 Å². The van der Waals surface area contributed by atoms with Gasteiger partial charge in [-0.05, 0) is 91.4 Å². The molecule has 0 spiro atoms. The number of carbonyl (C=O) groups excluding carboxylic acids is 2. The lowest BCUT2D eigenvalue weighted by atomic mass is 9.97. The zero-order valence-electron chi connectivity index (χ0n) is 27.0. The maximum atomic E-state index is 14.3. The fraction of sp³-hybridized carbons (Fsp3) is 0.351. The molecule has 1 fully saturated rings. The number of benzene rings is 3. The fourth-order valence-electron chi connectivity index (χ4n) is 6.54. The molecular weight excluding hydrogens is 635 g/mol. The van der Waals surface area contributed by atoms with Gasteiger partial charge in [-0.1, -0.05) is 48.5 Å². The Labute approximate surface area is 280 Å². The summed E-state index contributed by atoms with van der Waals surface area (Å²) in [5.41, 5.74) is 4.57. The van der Waals surface area contributed by atoms with E-state index in [1.165, 1.54) is 16.2 Å².